The summed E-state index contributed by atoms with van der Waals surface area (Å²) in [6, 6.07) is 16.4. The van der Waals surface area contributed by atoms with Crippen molar-refractivity contribution in [1.82, 2.24) is 15.6 Å². The third-order valence-electron chi connectivity index (χ3n) is 4.24. The van der Waals surface area contributed by atoms with Crippen molar-refractivity contribution < 1.29 is 9.59 Å². The van der Waals surface area contributed by atoms with Gasteiger partial charge < -0.3 is 15.6 Å². The quantitative estimate of drug-likeness (QED) is 0.625. The number of hydrogen-bond acceptors (Lipinski definition) is 3. The first-order chi connectivity index (χ1) is 13.0. The van der Waals surface area contributed by atoms with E-state index < -0.39 is 0 Å². The minimum absolute atomic E-state index is 0.110. The number of aromatic amines is 1. The summed E-state index contributed by atoms with van der Waals surface area (Å²) in [6.07, 6.45) is 0.414. The molecule has 0 aliphatic carbocycles. The Morgan fingerprint density at radius 1 is 1.00 bits per heavy atom. The fourth-order valence-corrected chi connectivity index (χ4v) is 2.80. The maximum Gasteiger partial charge on any atom is 0.251 e. The number of H-pyrrole nitrogens is 1. The summed E-state index contributed by atoms with van der Waals surface area (Å²) in [6.45, 7) is 2.18. The molecule has 2 aromatic carbocycles. The number of aryl methyl sites for hydroxylation is 1. The van der Waals surface area contributed by atoms with Crippen LogP contribution in [0.5, 0.6) is 0 Å². The van der Waals surface area contributed by atoms with E-state index >= 15 is 0 Å². The molecule has 0 bridgehead atoms. The average Bonchev–Trinajstić information content (AvgIpc) is 2.67. The molecule has 1 aromatic heterocycles. The van der Waals surface area contributed by atoms with Crippen molar-refractivity contribution in [2.24, 2.45) is 0 Å². The molecule has 0 aliphatic heterocycles. The summed E-state index contributed by atoms with van der Waals surface area (Å²) < 4.78 is 0. The Bertz CT molecular complexity index is 1030. The molecule has 27 heavy (non-hydrogen) atoms. The molecule has 3 N–H and O–H groups in total. The van der Waals surface area contributed by atoms with E-state index in [1.54, 1.807) is 24.3 Å². The summed E-state index contributed by atoms with van der Waals surface area (Å²) in [5, 5.41) is 6.24. The highest BCUT2D eigenvalue weighted by Crippen LogP contribution is 2.13. The summed E-state index contributed by atoms with van der Waals surface area (Å²) in [5.74, 6) is -0.598. The van der Waals surface area contributed by atoms with E-state index in [1.165, 1.54) is 0 Å². The predicted octanol–water partition coefficient (Wildman–Crippen LogP) is 1.93. The van der Waals surface area contributed by atoms with Crippen LogP contribution in [0.25, 0.3) is 10.9 Å². The van der Waals surface area contributed by atoms with Gasteiger partial charge in [0, 0.05) is 23.2 Å². The van der Waals surface area contributed by atoms with Crippen LogP contribution in [0.4, 0.5) is 0 Å². The second-order valence-corrected chi connectivity index (χ2v) is 6.36. The molecule has 0 aliphatic rings. The van der Waals surface area contributed by atoms with Gasteiger partial charge >= 0.3 is 0 Å². The van der Waals surface area contributed by atoms with Crippen LogP contribution in [0.3, 0.4) is 0 Å². The van der Waals surface area contributed by atoms with E-state index in [2.05, 4.69) is 15.6 Å². The van der Waals surface area contributed by atoms with Crippen molar-refractivity contribution in [2.75, 3.05) is 13.1 Å². The Labute approximate surface area is 156 Å². The van der Waals surface area contributed by atoms with E-state index in [9.17, 15) is 14.4 Å². The van der Waals surface area contributed by atoms with Gasteiger partial charge in [-0.2, -0.15) is 0 Å². The molecule has 2 amide bonds. The zero-order chi connectivity index (χ0) is 19.2. The molecule has 138 valence electrons. The SMILES string of the molecule is Cc1ccc2cc(CCNC(=O)CNC(=O)c3ccccc3)c(=O)[nH]c2c1. The zero-order valence-electron chi connectivity index (χ0n) is 15.0. The van der Waals surface area contributed by atoms with Crippen molar-refractivity contribution in [3.63, 3.8) is 0 Å². The second-order valence-electron chi connectivity index (χ2n) is 6.36. The van der Waals surface area contributed by atoms with Gasteiger partial charge in [0.1, 0.15) is 0 Å². The monoisotopic (exact) mass is 363 g/mol. The van der Waals surface area contributed by atoms with E-state index in [-0.39, 0.29) is 23.9 Å². The molecule has 0 spiro atoms. The molecule has 6 heteroatoms. The molecular weight excluding hydrogens is 342 g/mol. The third-order valence-corrected chi connectivity index (χ3v) is 4.24. The molecule has 3 rings (SSSR count). The van der Waals surface area contributed by atoms with Gasteiger partial charge in [-0.05, 0) is 48.6 Å². The smallest absolute Gasteiger partial charge is 0.251 e. The van der Waals surface area contributed by atoms with Crippen LogP contribution in [-0.2, 0) is 11.2 Å². The van der Waals surface area contributed by atoms with E-state index in [0.29, 0.717) is 24.1 Å². The van der Waals surface area contributed by atoms with Crippen LogP contribution in [0.1, 0.15) is 21.5 Å². The number of benzene rings is 2. The summed E-state index contributed by atoms with van der Waals surface area (Å²) in [7, 11) is 0. The van der Waals surface area contributed by atoms with Gasteiger partial charge in [-0.3, -0.25) is 14.4 Å². The van der Waals surface area contributed by atoms with Gasteiger partial charge in [0.05, 0.1) is 6.54 Å². The molecule has 3 aromatic rings. The lowest BCUT2D eigenvalue weighted by Gasteiger charge is -2.08. The minimum Gasteiger partial charge on any atom is -0.354 e. The third kappa shape index (κ3) is 4.82. The highest BCUT2D eigenvalue weighted by Gasteiger charge is 2.08. The maximum absolute atomic E-state index is 12.2. The number of hydrogen-bond donors (Lipinski definition) is 3. The Balaban J connectivity index is 1.51. The average molecular weight is 363 g/mol. The topological polar surface area (TPSA) is 91.1 Å². The van der Waals surface area contributed by atoms with Crippen LogP contribution in [0, 0.1) is 6.92 Å². The molecular formula is C21H21N3O3. The summed E-state index contributed by atoms with van der Waals surface area (Å²) in [4.78, 5) is 38.8. The zero-order valence-corrected chi connectivity index (χ0v) is 15.0. The Hall–Kier alpha value is -3.41. The first-order valence-corrected chi connectivity index (χ1v) is 8.75. The fraction of sp³-hybridized carbons (Fsp3) is 0.190. The van der Waals surface area contributed by atoms with Crippen LogP contribution < -0.4 is 16.2 Å². The van der Waals surface area contributed by atoms with Gasteiger partial charge in [-0.15, -0.1) is 0 Å². The number of fused-ring (bicyclic) bond motifs is 1. The van der Waals surface area contributed by atoms with Crippen molar-refractivity contribution >= 4 is 22.7 Å². The minimum atomic E-state index is -0.299. The van der Waals surface area contributed by atoms with Crippen molar-refractivity contribution in [3.8, 4) is 0 Å². The number of carbonyl (C=O) groups excluding carboxylic acids is 2. The molecule has 0 atom stereocenters. The van der Waals surface area contributed by atoms with Gasteiger partial charge in [0.15, 0.2) is 0 Å². The van der Waals surface area contributed by atoms with E-state index in [4.69, 9.17) is 0 Å². The predicted molar refractivity (Wildman–Crippen MR) is 105 cm³/mol. The van der Waals surface area contributed by atoms with Gasteiger partial charge in [0.2, 0.25) is 5.91 Å². The Morgan fingerprint density at radius 2 is 1.78 bits per heavy atom. The van der Waals surface area contributed by atoms with Gasteiger partial charge in [0.25, 0.3) is 11.5 Å². The van der Waals surface area contributed by atoms with Crippen LogP contribution >= 0.6 is 0 Å². The van der Waals surface area contributed by atoms with Crippen LogP contribution in [0.2, 0.25) is 0 Å². The molecule has 0 radical (unpaired) electrons. The lowest BCUT2D eigenvalue weighted by molar-refractivity contribution is -0.120. The van der Waals surface area contributed by atoms with Crippen LogP contribution in [0.15, 0.2) is 59.4 Å². The number of rotatable bonds is 6. The van der Waals surface area contributed by atoms with Gasteiger partial charge in [-0.25, -0.2) is 0 Å². The van der Waals surface area contributed by atoms with Crippen molar-refractivity contribution in [2.45, 2.75) is 13.3 Å². The van der Waals surface area contributed by atoms with Crippen molar-refractivity contribution in [1.29, 1.82) is 0 Å². The number of nitrogens with one attached hydrogen (secondary N) is 3. The normalized spacial score (nSPS) is 10.6. The number of amides is 2. The molecule has 0 unspecified atom stereocenters. The highest BCUT2D eigenvalue weighted by molar-refractivity contribution is 5.96. The lowest BCUT2D eigenvalue weighted by Crippen LogP contribution is -2.38. The first kappa shape index (κ1) is 18.4. The maximum atomic E-state index is 12.2. The largest absolute Gasteiger partial charge is 0.354 e. The number of pyridine rings is 1. The molecule has 0 saturated heterocycles. The molecule has 6 nitrogen and oxygen atoms in total. The summed E-state index contributed by atoms with van der Waals surface area (Å²) in [5.41, 5.74) is 2.84. The fourth-order valence-electron chi connectivity index (χ4n) is 2.80. The standard InChI is InChI=1S/C21H21N3O3/c1-14-7-8-16-12-17(21(27)24-18(16)11-14)9-10-22-19(25)13-23-20(26)15-5-3-2-4-6-15/h2-8,11-12H,9-10,13H2,1H3,(H,22,25)(H,23,26)(H,24,27). The first-order valence-electron chi connectivity index (χ1n) is 8.75. The van der Waals surface area contributed by atoms with Gasteiger partial charge in [-0.1, -0.05) is 30.3 Å². The Kier molecular flexibility index (Phi) is 5.66. The van der Waals surface area contributed by atoms with Crippen LogP contribution in [-0.4, -0.2) is 29.9 Å². The van der Waals surface area contributed by atoms with E-state index in [0.717, 1.165) is 16.5 Å². The highest BCUT2D eigenvalue weighted by atomic mass is 16.2. The number of aromatic nitrogens is 1. The summed E-state index contributed by atoms with van der Waals surface area (Å²) >= 11 is 0. The van der Waals surface area contributed by atoms with E-state index in [1.807, 2.05) is 37.3 Å². The molecule has 1 heterocycles. The molecule has 0 saturated carbocycles. The second kappa shape index (κ2) is 8.31. The molecule has 0 fully saturated rings. The van der Waals surface area contributed by atoms with Crippen molar-refractivity contribution in [3.05, 3.63) is 81.6 Å². The lowest BCUT2D eigenvalue weighted by atomic mass is 10.1. The number of carbonyl (C=O) groups is 2. The Morgan fingerprint density at radius 3 is 2.56 bits per heavy atom.